The Hall–Kier alpha value is -6.13. The average Bonchev–Trinajstić information content (AvgIpc) is 3.46. The molecule has 5 aromatic carbocycles. The van der Waals surface area contributed by atoms with E-state index in [0.29, 0.717) is 0 Å². The van der Waals surface area contributed by atoms with E-state index < -0.39 is 0 Å². The molecular weight excluding hydrogens is 548 g/mol. The van der Waals surface area contributed by atoms with Crippen LogP contribution < -0.4 is 0 Å². The lowest BCUT2D eigenvalue weighted by Crippen LogP contribution is -1.95. The minimum Gasteiger partial charge on any atom is -0.309 e. The summed E-state index contributed by atoms with van der Waals surface area (Å²) in [4.78, 5) is 14.2. The lowest BCUT2D eigenvalue weighted by Gasteiger charge is -2.14. The first kappa shape index (κ1) is 25.4. The van der Waals surface area contributed by atoms with Gasteiger partial charge in [0.15, 0.2) is 0 Å². The van der Waals surface area contributed by atoms with Crippen LogP contribution in [0.1, 0.15) is 0 Å². The minimum atomic E-state index is 0.847. The second-order valence-corrected chi connectivity index (χ2v) is 11.3. The van der Waals surface area contributed by atoms with Gasteiger partial charge in [0, 0.05) is 40.6 Å². The first-order valence-corrected chi connectivity index (χ1v) is 15.1. The monoisotopic (exact) mass is 574 g/mol. The maximum atomic E-state index is 5.16. The molecule has 4 heterocycles. The molecule has 0 atom stereocenters. The molecule has 0 aliphatic heterocycles. The van der Waals surface area contributed by atoms with Crippen molar-refractivity contribution in [3.8, 4) is 39.5 Å². The van der Waals surface area contributed by atoms with Crippen LogP contribution in [0, 0.1) is 0 Å². The summed E-state index contributed by atoms with van der Waals surface area (Å²) in [7, 11) is 0. The maximum Gasteiger partial charge on any atom is 0.0899 e. The zero-order valence-corrected chi connectivity index (χ0v) is 24.3. The summed E-state index contributed by atoms with van der Waals surface area (Å²) < 4.78 is 2.31. The van der Waals surface area contributed by atoms with E-state index in [9.17, 15) is 0 Å². The zero-order valence-electron chi connectivity index (χ0n) is 24.3. The number of hydrogen-bond donors (Lipinski definition) is 0. The van der Waals surface area contributed by atoms with Gasteiger partial charge in [0.25, 0.3) is 0 Å². The van der Waals surface area contributed by atoms with Gasteiger partial charge >= 0.3 is 0 Å². The summed E-state index contributed by atoms with van der Waals surface area (Å²) in [5, 5.41) is 7.28. The van der Waals surface area contributed by atoms with Crippen LogP contribution in [0.5, 0.6) is 0 Å². The highest BCUT2D eigenvalue weighted by molar-refractivity contribution is 6.14. The molecule has 9 aromatic rings. The van der Waals surface area contributed by atoms with Gasteiger partial charge in [-0.1, -0.05) is 84.9 Å². The quantitative estimate of drug-likeness (QED) is 0.196. The molecule has 0 N–H and O–H groups in total. The van der Waals surface area contributed by atoms with Gasteiger partial charge in [0.05, 0.1) is 28.1 Å². The Morgan fingerprint density at radius 1 is 0.444 bits per heavy atom. The van der Waals surface area contributed by atoms with E-state index >= 15 is 0 Å². The third-order valence-electron chi connectivity index (χ3n) is 8.73. The van der Waals surface area contributed by atoms with Gasteiger partial charge in [-0.3, -0.25) is 9.97 Å². The molecule has 0 radical (unpaired) electrons. The summed E-state index contributed by atoms with van der Waals surface area (Å²) in [6.07, 6.45) is 5.63. The number of pyridine rings is 3. The van der Waals surface area contributed by atoms with Crippen molar-refractivity contribution in [2.24, 2.45) is 0 Å². The Balaban J connectivity index is 1.23. The molecule has 45 heavy (non-hydrogen) atoms. The van der Waals surface area contributed by atoms with Crippen LogP contribution in [0.3, 0.4) is 0 Å². The third-order valence-corrected chi connectivity index (χ3v) is 8.73. The molecule has 0 amide bonds. The maximum absolute atomic E-state index is 5.16. The summed E-state index contributed by atoms with van der Waals surface area (Å²) in [5.41, 5.74) is 9.34. The second-order valence-electron chi connectivity index (χ2n) is 11.3. The number of benzene rings is 5. The Bertz CT molecular complexity index is 2480. The van der Waals surface area contributed by atoms with Crippen LogP contribution in [0.25, 0.3) is 82.8 Å². The van der Waals surface area contributed by atoms with Crippen molar-refractivity contribution in [3.63, 3.8) is 0 Å². The molecule has 0 unspecified atom stereocenters. The molecule has 0 spiro atoms. The van der Waals surface area contributed by atoms with E-state index in [1.807, 2.05) is 36.8 Å². The molecule has 0 saturated carbocycles. The van der Waals surface area contributed by atoms with Crippen molar-refractivity contribution < 1.29 is 0 Å². The summed E-state index contributed by atoms with van der Waals surface area (Å²) >= 11 is 0. The topological polar surface area (TPSA) is 43.6 Å². The Morgan fingerprint density at radius 3 is 2.00 bits per heavy atom. The fourth-order valence-corrected chi connectivity index (χ4v) is 6.65. The Labute approximate surface area is 259 Å². The van der Waals surface area contributed by atoms with E-state index in [4.69, 9.17) is 4.98 Å². The number of aromatic nitrogens is 4. The molecular formula is C41H26N4. The lowest BCUT2D eigenvalue weighted by molar-refractivity contribution is 1.17. The molecule has 0 bridgehead atoms. The van der Waals surface area contributed by atoms with Crippen molar-refractivity contribution in [1.82, 2.24) is 19.5 Å². The normalized spacial score (nSPS) is 11.6. The fourth-order valence-electron chi connectivity index (χ4n) is 6.65. The first-order valence-electron chi connectivity index (χ1n) is 15.1. The van der Waals surface area contributed by atoms with E-state index in [-0.39, 0.29) is 0 Å². The van der Waals surface area contributed by atoms with Gasteiger partial charge in [-0.05, 0) is 87.3 Å². The molecule has 210 valence electrons. The van der Waals surface area contributed by atoms with E-state index in [1.54, 1.807) is 0 Å². The summed E-state index contributed by atoms with van der Waals surface area (Å²) in [5.74, 6) is 0. The van der Waals surface area contributed by atoms with Crippen molar-refractivity contribution >= 4 is 43.4 Å². The van der Waals surface area contributed by atoms with E-state index in [0.717, 1.165) is 50.3 Å². The fraction of sp³-hybridized carbons (Fsp3) is 0. The summed E-state index contributed by atoms with van der Waals surface area (Å²) in [6, 6.07) is 49.2. The van der Waals surface area contributed by atoms with Gasteiger partial charge in [-0.15, -0.1) is 0 Å². The zero-order chi connectivity index (χ0) is 29.7. The second kappa shape index (κ2) is 10.2. The first-order chi connectivity index (χ1) is 22.3. The SMILES string of the molecule is c1ccc(-c2cc(-c3cc4ccccc4c4ccccc34)cc(-c3ccc(-n4c5ccccc5c5cnccc54)cc3)n2)nc1. The standard InChI is InChI=1S/C41H26N4/c1-2-10-31-28(9-1)23-35(33-12-4-3-11-32(31)33)29-24-38(44-39(25-29)37-14-7-8-21-43-37)27-16-18-30(19-17-27)45-40-15-6-5-13-34(40)36-26-42-22-20-41(36)45/h1-26H. The van der Waals surface area contributed by atoms with Crippen molar-refractivity contribution in [2.45, 2.75) is 0 Å². The molecule has 0 saturated heterocycles. The predicted molar refractivity (Wildman–Crippen MR) is 185 cm³/mol. The van der Waals surface area contributed by atoms with Gasteiger partial charge < -0.3 is 4.57 Å². The Kier molecular flexibility index (Phi) is 5.78. The predicted octanol–water partition coefficient (Wildman–Crippen LogP) is 10.3. The smallest absolute Gasteiger partial charge is 0.0899 e. The highest BCUT2D eigenvalue weighted by atomic mass is 15.0. The highest BCUT2D eigenvalue weighted by Gasteiger charge is 2.15. The Morgan fingerprint density at radius 2 is 1.16 bits per heavy atom. The van der Waals surface area contributed by atoms with Crippen molar-refractivity contribution in [2.75, 3.05) is 0 Å². The third kappa shape index (κ3) is 4.19. The van der Waals surface area contributed by atoms with Crippen LogP contribution in [-0.4, -0.2) is 19.5 Å². The summed E-state index contributed by atoms with van der Waals surface area (Å²) in [6.45, 7) is 0. The van der Waals surface area contributed by atoms with Gasteiger partial charge in [-0.25, -0.2) is 4.98 Å². The minimum absolute atomic E-state index is 0.847. The van der Waals surface area contributed by atoms with Gasteiger partial charge in [0.1, 0.15) is 0 Å². The lowest BCUT2D eigenvalue weighted by atomic mass is 9.92. The number of rotatable bonds is 4. The van der Waals surface area contributed by atoms with Crippen molar-refractivity contribution in [3.05, 3.63) is 158 Å². The molecule has 0 aliphatic rings. The molecule has 4 nitrogen and oxygen atoms in total. The van der Waals surface area contributed by atoms with Crippen LogP contribution in [0.4, 0.5) is 0 Å². The van der Waals surface area contributed by atoms with Crippen LogP contribution in [0.2, 0.25) is 0 Å². The van der Waals surface area contributed by atoms with Crippen LogP contribution in [0.15, 0.2) is 158 Å². The highest BCUT2D eigenvalue weighted by Crippen LogP contribution is 2.38. The van der Waals surface area contributed by atoms with Crippen molar-refractivity contribution in [1.29, 1.82) is 0 Å². The largest absolute Gasteiger partial charge is 0.309 e. The molecule has 0 fully saturated rings. The van der Waals surface area contributed by atoms with Crippen LogP contribution in [-0.2, 0) is 0 Å². The van der Waals surface area contributed by atoms with Crippen LogP contribution >= 0.6 is 0 Å². The molecule has 4 aromatic heterocycles. The number of hydrogen-bond acceptors (Lipinski definition) is 3. The van der Waals surface area contributed by atoms with E-state index in [2.05, 4.69) is 136 Å². The average molecular weight is 575 g/mol. The number of para-hydroxylation sites is 1. The molecule has 4 heteroatoms. The molecule has 0 aliphatic carbocycles. The van der Waals surface area contributed by atoms with E-state index in [1.165, 1.54) is 32.5 Å². The number of nitrogens with zero attached hydrogens (tertiary/aromatic N) is 4. The molecule has 9 rings (SSSR count). The van der Waals surface area contributed by atoms with Gasteiger partial charge in [-0.2, -0.15) is 0 Å². The van der Waals surface area contributed by atoms with Gasteiger partial charge in [0.2, 0.25) is 0 Å². The number of fused-ring (bicyclic) bond motifs is 6.